The van der Waals surface area contributed by atoms with Crippen LogP contribution in [0.5, 0.6) is 0 Å². The van der Waals surface area contributed by atoms with Crippen molar-refractivity contribution in [1.82, 2.24) is 9.55 Å². The van der Waals surface area contributed by atoms with E-state index in [1.807, 2.05) is 11.5 Å². The maximum absolute atomic E-state index is 12.6. The Balaban J connectivity index is 2.15. The number of aromatic nitrogens is 2. The molecule has 0 saturated heterocycles. The van der Waals surface area contributed by atoms with Gasteiger partial charge in [0.15, 0.2) is 0 Å². The number of unbranched alkanes of at least 4 members (excludes halogenated alkanes) is 1. The SMILES string of the molecule is CCCCC(C)C(=O)N1CCCn2c(CC(=O)OC)cnc21. The minimum Gasteiger partial charge on any atom is -0.469 e. The summed E-state index contributed by atoms with van der Waals surface area (Å²) >= 11 is 0. The number of anilines is 1. The molecule has 0 bridgehead atoms. The fourth-order valence-corrected chi connectivity index (χ4v) is 2.82. The van der Waals surface area contributed by atoms with Gasteiger partial charge in [0.1, 0.15) is 0 Å². The van der Waals surface area contributed by atoms with Gasteiger partial charge < -0.3 is 9.30 Å². The van der Waals surface area contributed by atoms with E-state index in [0.717, 1.165) is 37.9 Å². The van der Waals surface area contributed by atoms with Crippen LogP contribution < -0.4 is 4.90 Å². The Morgan fingerprint density at radius 1 is 1.41 bits per heavy atom. The van der Waals surface area contributed by atoms with Gasteiger partial charge in [-0.25, -0.2) is 4.98 Å². The van der Waals surface area contributed by atoms with Crippen molar-refractivity contribution in [2.75, 3.05) is 18.6 Å². The molecular weight excluding hydrogens is 282 g/mol. The highest BCUT2D eigenvalue weighted by atomic mass is 16.5. The van der Waals surface area contributed by atoms with Gasteiger partial charge in [-0.3, -0.25) is 14.5 Å². The van der Waals surface area contributed by atoms with E-state index < -0.39 is 0 Å². The number of carbonyl (C=O) groups is 2. The molecule has 1 amide bonds. The number of fused-ring (bicyclic) bond motifs is 1. The molecule has 2 rings (SSSR count). The number of hydrogen-bond donors (Lipinski definition) is 0. The number of imidazole rings is 1. The maximum atomic E-state index is 12.6. The summed E-state index contributed by atoms with van der Waals surface area (Å²) in [5.74, 6) is 0.512. The molecule has 0 fully saturated rings. The van der Waals surface area contributed by atoms with Crippen LogP contribution in [-0.4, -0.2) is 35.1 Å². The van der Waals surface area contributed by atoms with Crippen molar-refractivity contribution in [2.45, 2.75) is 52.5 Å². The second-order valence-electron chi connectivity index (χ2n) is 5.84. The third-order valence-electron chi connectivity index (χ3n) is 4.15. The molecule has 0 N–H and O–H groups in total. The van der Waals surface area contributed by atoms with Crippen molar-refractivity contribution < 1.29 is 14.3 Å². The van der Waals surface area contributed by atoms with Crippen LogP contribution in [0.2, 0.25) is 0 Å². The maximum Gasteiger partial charge on any atom is 0.311 e. The van der Waals surface area contributed by atoms with E-state index in [1.165, 1.54) is 7.11 Å². The third-order valence-corrected chi connectivity index (χ3v) is 4.15. The molecule has 0 spiro atoms. The van der Waals surface area contributed by atoms with Crippen LogP contribution in [0.25, 0.3) is 0 Å². The molecule has 1 aromatic rings. The molecule has 1 atom stereocenters. The first-order valence-electron chi connectivity index (χ1n) is 8.01. The fourth-order valence-electron chi connectivity index (χ4n) is 2.82. The smallest absolute Gasteiger partial charge is 0.311 e. The monoisotopic (exact) mass is 307 g/mol. The Morgan fingerprint density at radius 3 is 2.86 bits per heavy atom. The summed E-state index contributed by atoms with van der Waals surface area (Å²) < 4.78 is 6.67. The van der Waals surface area contributed by atoms with Crippen LogP contribution >= 0.6 is 0 Å². The number of carbonyl (C=O) groups excluding carboxylic acids is 2. The Kier molecular flexibility index (Phi) is 5.57. The predicted molar refractivity (Wildman–Crippen MR) is 83.6 cm³/mol. The van der Waals surface area contributed by atoms with Crippen molar-refractivity contribution >= 4 is 17.8 Å². The van der Waals surface area contributed by atoms with Gasteiger partial charge in [0, 0.05) is 19.0 Å². The molecule has 2 heterocycles. The fraction of sp³-hybridized carbons (Fsp3) is 0.688. The van der Waals surface area contributed by atoms with Gasteiger partial charge in [0.25, 0.3) is 0 Å². The van der Waals surface area contributed by atoms with Crippen molar-refractivity contribution in [3.8, 4) is 0 Å². The average molecular weight is 307 g/mol. The van der Waals surface area contributed by atoms with E-state index in [-0.39, 0.29) is 24.2 Å². The molecule has 1 aliphatic heterocycles. The first-order chi connectivity index (χ1) is 10.6. The van der Waals surface area contributed by atoms with Gasteiger partial charge in [-0.15, -0.1) is 0 Å². The number of methoxy groups -OCH3 is 1. The number of ether oxygens (including phenoxy) is 1. The van der Waals surface area contributed by atoms with Crippen LogP contribution in [0.3, 0.4) is 0 Å². The quantitative estimate of drug-likeness (QED) is 0.756. The minimum atomic E-state index is -0.289. The van der Waals surface area contributed by atoms with Crippen LogP contribution in [0.15, 0.2) is 6.20 Å². The molecular formula is C16H25N3O3. The lowest BCUT2D eigenvalue weighted by Gasteiger charge is -2.30. The third kappa shape index (κ3) is 3.48. The van der Waals surface area contributed by atoms with Crippen molar-refractivity contribution in [3.05, 3.63) is 11.9 Å². The lowest BCUT2D eigenvalue weighted by atomic mass is 10.0. The van der Waals surface area contributed by atoms with Gasteiger partial charge in [-0.1, -0.05) is 26.7 Å². The van der Waals surface area contributed by atoms with E-state index in [2.05, 4.69) is 11.9 Å². The zero-order chi connectivity index (χ0) is 16.1. The first-order valence-corrected chi connectivity index (χ1v) is 8.01. The van der Waals surface area contributed by atoms with E-state index >= 15 is 0 Å². The molecule has 1 aliphatic rings. The Bertz CT molecular complexity index is 539. The minimum absolute atomic E-state index is 0.00672. The molecule has 122 valence electrons. The number of rotatable bonds is 6. The first kappa shape index (κ1) is 16.5. The summed E-state index contributed by atoms with van der Waals surface area (Å²) in [6.07, 6.45) is 5.80. The predicted octanol–water partition coefficient (Wildman–Crippen LogP) is 2.16. The average Bonchev–Trinajstić information content (AvgIpc) is 2.94. The molecule has 0 aromatic carbocycles. The summed E-state index contributed by atoms with van der Waals surface area (Å²) in [5, 5.41) is 0. The summed E-state index contributed by atoms with van der Waals surface area (Å²) in [6, 6.07) is 0. The number of esters is 1. The van der Waals surface area contributed by atoms with Gasteiger partial charge in [0.05, 0.1) is 25.4 Å². The van der Waals surface area contributed by atoms with Crippen molar-refractivity contribution in [1.29, 1.82) is 0 Å². The summed E-state index contributed by atoms with van der Waals surface area (Å²) in [4.78, 5) is 30.2. The topological polar surface area (TPSA) is 64.4 Å². The largest absolute Gasteiger partial charge is 0.469 e. The van der Waals surface area contributed by atoms with E-state index in [0.29, 0.717) is 12.5 Å². The number of nitrogens with zero attached hydrogens (tertiary/aromatic N) is 3. The van der Waals surface area contributed by atoms with E-state index in [1.54, 1.807) is 11.1 Å². The lowest BCUT2D eigenvalue weighted by Crippen LogP contribution is -2.41. The van der Waals surface area contributed by atoms with E-state index in [9.17, 15) is 9.59 Å². The van der Waals surface area contributed by atoms with Crippen LogP contribution in [-0.2, 0) is 27.3 Å². The summed E-state index contributed by atoms with van der Waals surface area (Å²) in [6.45, 7) is 5.60. The molecule has 0 saturated carbocycles. The second kappa shape index (κ2) is 7.42. The zero-order valence-electron chi connectivity index (χ0n) is 13.7. The zero-order valence-corrected chi connectivity index (χ0v) is 13.7. The van der Waals surface area contributed by atoms with Crippen molar-refractivity contribution in [3.63, 3.8) is 0 Å². The molecule has 0 radical (unpaired) electrons. The van der Waals surface area contributed by atoms with Crippen LogP contribution in [0, 0.1) is 5.92 Å². The highest BCUT2D eigenvalue weighted by Crippen LogP contribution is 2.24. The van der Waals surface area contributed by atoms with Gasteiger partial charge in [0.2, 0.25) is 11.9 Å². The highest BCUT2D eigenvalue weighted by Gasteiger charge is 2.29. The van der Waals surface area contributed by atoms with Crippen LogP contribution in [0.4, 0.5) is 5.95 Å². The summed E-state index contributed by atoms with van der Waals surface area (Å²) in [5.41, 5.74) is 0.806. The molecule has 6 nitrogen and oxygen atoms in total. The molecule has 6 heteroatoms. The Hall–Kier alpha value is -1.85. The number of amides is 1. The van der Waals surface area contributed by atoms with Crippen LogP contribution in [0.1, 0.15) is 45.2 Å². The van der Waals surface area contributed by atoms with Gasteiger partial charge in [-0.2, -0.15) is 0 Å². The van der Waals surface area contributed by atoms with E-state index in [4.69, 9.17) is 4.74 Å². The highest BCUT2D eigenvalue weighted by molar-refractivity contribution is 5.93. The molecule has 0 aliphatic carbocycles. The number of hydrogen-bond acceptors (Lipinski definition) is 4. The molecule has 1 unspecified atom stereocenters. The summed E-state index contributed by atoms with van der Waals surface area (Å²) in [7, 11) is 1.38. The lowest BCUT2D eigenvalue weighted by molar-refractivity contribution is -0.139. The Morgan fingerprint density at radius 2 is 2.18 bits per heavy atom. The van der Waals surface area contributed by atoms with Gasteiger partial charge in [-0.05, 0) is 12.8 Å². The standard InChI is InChI=1S/C16H25N3O3/c1-4-5-7-12(2)15(21)19-9-6-8-18-13(10-14(20)22-3)11-17-16(18)19/h11-12H,4-10H2,1-3H3. The molecule has 22 heavy (non-hydrogen) atoms. The normalized spacial score (nSPS) is 15.3. The molecule has 1 aromatic heterocycles. The second-order valence-corrected chi connectivity index (χ2v) is 5.84. The van der Waals surface area contributed by atoms with Gasteiger partial charge >= 0.3 is 5.97 Å². The van der Waals surface area contributed by atoms with Crippen molar-refractivity contribution in [2.24, 2.45) is 5.92 Å². The Labute approximate surface area is 131 Å².